The Morgan fingerprint density at radius 2 is 1.90 bits per heavy atom. The van der Waals surface area contributed by atoms with Gasteiger partial charge in [0, 0.05) is 28.0 Å². The van der Waals surface area contributed by atoms with Crippen molar-refractivity contribution in [1.29, 1.82) is 0 Å². The lowest BCUT2D eigenvalue weighted by Gasteiger charge is -2.07. The van der Waals surface area contributed by atoms with E-state index in [9.17, 15) is 9.59 Å². The van der Waals surface area contributed by atoms with Gasteiger partial charge < -0.3 is 10.3 Å². The van der Waals surface area contributed by atoms with Crippen molar-refractivity contribution < 1.29 is 4.79 Å². The smallest absolute Gasteiger partial charge is 0.278 e. The molecule has 2 heterocycles. The molecule has 0 spiro atoms. The molecule has 9 heteroatoms. The number of aromatic nitrogens is 5. The quantitative estimate of drug-likeness (QED) is 0.525. The van der Waals surface area contributed by atoms with E-state index in [0.29, 0.717) is 39.2 Å². The highest BCUT2D eigenvalue weighted by Gasteiger charge is 2.18. The Bertz CT molecular complexity index is 1310. The zero-order chi connectivity index (χ0) is 21.3. The molecule has 0 radical (unpaired) electrons. The Morgan fingerprint density at radius 1 is 1.10 bits per heavy atom. The fraction of sp³-hybridized carbons (Fsp3) is 0.0952. The molecule has 0 saturated heterocycles. The molecule has 0 fully saturated rings. The van der Waals surface area contributed by atoms with E-state index in [1.54, 1.807) is 61.0 Å². The zero-order valence-corrected chi connectivity index (χ0v) is 16.9. The first-order valence-electron chi connectivity index (χ1n) is 9.09. The van der Waals surface area contributed by atoms with Crippen molar-refractivity contribution in [3.05, 3.63) is 87.1 Å². The Labute approximate surface area is 176 Å². The molecule has 4 aromatic rings. The van der Waals surface area contributed by atoms with Crippen LogP contribution >= 0.6 is 11.6 Å². The van der Waals surface area contributed by atoms with Crippen LogP contribution in [0.5, 0.6) is 0 Å². The molecule has 30 heavy (non-hydrogen) atoms. The fourth-order valence-corrected chi connectivity index (χ4v) is 3.23. The van der Waals surface area contributed by atoms with Gasteiger partial charge in [0.25, 0.3) is 11.5 Å². The number of benzene rings is 2. The first-order valence-corrected chi connectivity index (χ1v) is 9.46. The van der Waals surface area contributed by atoms with E-state index < -0.39 is 5.91 Å². The van der Waals surface area contributed by atoms with Crippen LogP contribution in [0.4, 0.5) is 5.69 Å². The largest absolute Gasteiger partial charge is 0.321 e. The van der Waals surface area contributed by atoms with Crippen LogP contribution < -0.4 is 10.9 Å². The first kappa shape index (κ1) is 19.5. The third-order valence-electron chi connectivity index (χ3n) is 4.43. The summed E-state index contributed by atoms with van der Waals surface area (Å²) in [6.45, 7) is 3.50. The summed E-state index contributed by atoms with van der Waals surface area (Å²) in [5.74, 6) is 0.0304. The lowest BCUT2D eigenvalue weighted by molar-refractivity contribution is 0.102. The van der Waals surface area contributed by atoms with Crippen molar-refractivity contribution in [3.63, 3.8) is 0 Å². The van der Waals surface area contributed by atoms with E-state index in [-0.39, 0.29) is 11.3 Å². The van der Waals surface area contributed by atoms with Gasteiger partial charge in [0.15, 0.2) is 5.69 Å². The van der Waals surface area contributed by atoms with Crippen LogP contribution in [0, 0.1) is 13.8 Å². The highest BCUT2D eigenvalue weighted by molar-refractivity contribution is 6.30. The molecule has 8 nitrogen and oxygen atoms in total. The second kappa shape index (κ2) is 7.92. The van der Waals surface area contributed by atoms with Crippen LogP contribution in [0.25, 0.3) is 17.1 Å². The number of carbonyl (C=O) groups excluding carboxylic acids is 1. The number of amides is 1. The minimum Gasteiger partial charge on any atom is -0.321 e. The summed E-state index contributed by atoms with van der Waals surface area (Å²) < 4.78 is 1.55. The lowest BCUT2D eigenvalue weighted by atomic mass is 10.1. The van der Waals surface area contributed by atoms with Crippen molar-refractivity contribution in [2.24, 2.45) is 0 Å². The maximum Gasteiger partial charge on any atom is 0.278 e. The summed E-state index contributed by atoms with van der Waals surface area (Å²) in [5, 5.41) is 11.5. The molecule has 0 atom stereocenters. The summed E-state index contributed by atoms with van der Waals surface area (Å²) in [7, 11) is 0. The minimum absolute atomic E-state index is 0.197. The molecule has 150 valence electrons. The highest BCUT2D eigenvalue weighted by atomic mass is 35.5. The first-order chi connectivity index (χ1) is 14.4. The molecule has 2 aromatic heterocycles. The molecule has 0 aliphatic rings. The Balaban J connectivity index is 1.60. The molecule has 4 rings (SSSR count). The summed E-state index contributed by atoms with van der Waals surface area (Å²) in [6, 6.07) is 15.6. The predicted molar refractivity (Wildman–Crippen MR) is 114 cm³/mol. The second-order valence-electron chi connectivity index (χ2n) is 6.69. The van der Waals surface area contributed by atoms with Crippen LogP contribution in [-0.4, -0.2) is 30.9 Å². The molecule has 0 saturated carbocycles. The van der Waals surface area contributed by atoms with Crippen LogP contribution in [0.2, 0.25) is 5.02 Å². The fourth-order valence-electron chi connectivity index (χ4n) is 3.04. The monoisotopic (exact) mass is 420 g/mol. The van der Waals surface area contributed by atoms with Crippen molar-refractivity contribution in [3.8, 4) is 17.1 Å². The number of anilines is 1. The summed E-state index contributed by atoms with van der Waals surface area (Å²) in [4.78, 5) is 31.5. The van der Waals surface area contributed by atoms with Gasteiger partial charge in [0.2, 0.25) is 0 Å². The average molecular weight is 421 g/mol. The lowest BCUT2D eigenvalue weighted by Crippen LogP contribution is -2.14. The van der Waals surface area contributed by atoms with Crippen LogP contribution in [-0.2, 0) is 0 Å². The van der Waals surface area contributed by atoms with E-state index in [4.69, 9.17) is 11.6 Å². The highest BCUT2D eigenvalue weighted by Crippen LogP contribution is 2.21. The van der Waals surface area contributed by atoms with Gasteiger partial charge in [-0.2, -0.15) is 0 Å². The van der Waals surface area contributed by atoms with Crippen molar-refractivity contribution in [2.75, 3.05) is 5.32 Å². The zero-order valence-electron chi connectivity index (χ0n) is 16.2. The maximum absolute atomic E-state index is 12.8. The number of aryl methyl sites for hydroxylation is 1. The molecule has 1 amide bonds. The normalized spacial score (nSPS) is 10.8. The molecule has 2 N–H and O–H groups in total. The molecular weight excluding hydrogens is 404 g/mol. The number of halogens is 1. The number of hydrogen-bond acceptors (Lipinski definition) is 5. The van der Waals surface area contributed by atoms with Gasteiger partial charge in [-0.15, -0.1) is 5.10 Å². The van der Waals surface area contributed by atoms with Crippen molar-refractivity contribution in [2.45, 2.75) is 13.8 Å². The van der Waals surface area contributed by atoms with E-state index in [0.717, 1.165) is 0 Å². The second-order valence-corrected chi connectivity index (χ2v) is 7.12. The standard InChI is InChI=1S/C21H17ClN6O2/c1-12-9-18(29)25-20(23-12)14-5-3-7-16(10-14)24-21(30)19-13(2)28(27-26-19)17-8-4-6-15(22)11-17/h3-11H,1-2H3,(H,24,30)(H,23,25,29). The number of nitrogens with one attached hydrogen (secondary N) is 2. The van der Waals surface area contributed by atoms with Gasteiger partial charge >= 0.3 is 0 Å². The van der Waals surface area contributed by atoms with Gasteiger partial charge in [0.1, 0.15) is 5.82 Å². The van der Waals surface area contributed by atoms with E-state index in [2.05, 4.69) is 25.6 Å². The number of H-pyrrole nitrogens is 1. The molecule has 0 unspecified atom stereocenters. The number of nitrogens with zero attached hydrogens (tertiary/aromatic N) is 4. The summed E-state index contributed by atoms with van der Waals surface area (Å²) in [5.41, 5.74) is 3.07. The summed E-state index contributed by atoms with van der Waals surface area (Å²) in [6.07, 6.45) is 0. The molecule has 0 aliphatic carbocycles. The van der Waals surface area contributed by atoms with Gasteiger partial charge in [-0.3, -0.25) is 9.59 Å². The Morgan fingerprint density at radius 3 is 2.67 bits per heavy atom. The SMILES string of the molecule is Cc1cc(=O)[nH]c(-c2cccc(NC(=O)c3nnn(-c4cccc(Cl)c4)c3C)c2)n1. The minimum atomic E-state index is -0.399. The van der Waals surface area contributed by atoms with E-state index in [1.165, 1.54) is 6.07 Å². The topological polar surface area (TPSA) is 106 Å². The molecule has 2 aromatic carbocycles. The van der Waals surface area contributed by atoms with Gasteiger partial charge in [-0.1, -0.05) is 35.0 Å². The molecule has 0 bridgehead atoms. The Kier molecular flexibility index (Phi) is 5.16. The Hall–Kier alpha value is -3.78. The van der Waals surface area contributed by atoms with E-state index in [1.807, 2.05) is 6.07 Å². The number of hydrogen-bond donors (Lipinski definition) is 2. The van der Waals surface area contributed by atoms with E-state index >= 15 is 0 Å². The van der Waals surface area contributed by atoms with Crippen molar-refractivity contribution >= 4 is 23.2 Å². The van der Waals surface area contributed by atoms with Gasteiger partial charge in [-0.25, -0.2) is 9.67 Å². The number of aromatic amines is 1. The molecular formula is C21H17ClN6O2. The average Bonchev–Trinajstić information content (AvgIpc) is 3.09. The molecule has 0 aliphatic heterocycles. The summed E-state index contributed by atoms with van der Waals surface area (Å²) >= 11 is 6.04. The maximum atomic E-state index is 12.8. The van der Waals surface area contributed by atoms with Crippen LogP contribution in [0.15, 0.2) is 59.4 Å². The van der Waals surface area contributed by atoms with Crippen molar-refractivity contribution in [1.82, 2.24) is 25.0 Å². The van der Waals surface area contributed by atoms with Gasteiger partial charge in [-0.05, 0) is 44.2 Å². The number of rotatable bonds is 4. The van der Waals surface area contributed by atoms with Crippen LogP contribution in [0.1, 0.15) is 21.9 Å². The van der Waals surface area contributed by atoms with Crippen LogP contribution in [0.3, 0.4) is 0 Å². The van der Waals surface area contributed by atoms with Gasteiger partial charge in [0.05, 0.1) is 11.4 Å². The predicted octanol–water partition coefficient (Wildman–Crippen LogP) is 3.54. The third kappa shape index (κ3) is 3.99. The number of carbonyl (C=O) groups is 1. The third-order valence-corrected chi connectivity index (χ3v) is 4.66.